The molecule has 2 aromatic rings. The van der Waals surface area contributed by atoms with Crippen LogP contribution in [0.4, 0.5) is 5.69 Å². The molecule has 0 atom stereocenters. The lowest BCUT2D eigenvalue weighted by molar-refractivity contribution is 0.0682. The molecule has 1 saturated carbocycles. The van der Waals surface area contributed by atoms with Crippen LogP contribution in [0.3, 0.4) is 0 Å². The maximum atomic E-state index is 5.43. The maximum absolute atomic E-state index is 5.43. The van der Waals surface area contributed by atoms with Crippen molar-refractivity contribution in [2.24, 2.45) is 0 Å². The number of hydrogen-bond donors (Lipinski definition) is 2. The van der Waals surface area contributed by atoms with Gasteiger partial charge in [-0.25, -0.2) is 4.98 Å². The van der Waals surface area contributed by atoms with Crippen LogP contribution in [-0.4, -0.2) is 34.4 Å². The topological polar surface area (TPSA) is 62.8 Å². The Morgan fingerprint density at radius 1 is 1.19 bits per heavy atom. The molecule has 112 valence electrons. The van der Waals surface area contributed by atoms with Gasteiger partial charge in [0.25, 0.3) is 0 Å². The van der Waals surface area contributed by atoms with Crippen LogP contribution < -0.4 is 5.32 Å². The number of aromatic amines is 1. The lowest BCUT2D eigenvalue weighted by Crippen LogP contribution is -2.29. The number of aromatic nitrogens is 3. The number of benzene rings is 1. The van der Waals surface area contributed by atoms with E-state index in [2.05, 4.69) is 32.6 Å². The molecule has 21 heavy (non-hydrogen) atoms. The van der Waals surface area contributed by atoms with Crippen LogP contribution >= 0.6 is 0 Å². The van der Waals surface area contributed by atoms with E-state index >= 15 is 0 Å². The van der Waals surface area contributed by atoms with Gasteiger partial charge in [0.05, 0.1) is 6.10 Å². The van der Waals surface area contributed by atoms with E-state index in [9.17, 15) is 0 Å². The molecule has 1 heterocycles. The van der Waals surface area contributed by atoms with Crippen molar-refractivity contribution >= 4 is 5.69 Å². The minimum atomic E-state index is 0.425. The molecule has 5 nitrogen and oxygen atoms in total. The van der Waals surface area contributed by atoms with E-state index in [0.717, 1.165) is 48.6 Å². The van der Waals surface area contributed by atoms with Gasteiger partial charge in [0.1, 0.15) is 5.82 Å². The highest BCUT2D eigenvalue weighted by Crippen LogP contribution is 2.29. The molecule has 1 aliphatic carbocycles. The first kappa shape index (κ1) is 14.1. The van der Waals surface area contributed by atoms with Gasteiger partial charge < -0.3 is 10.1 Å². The normalized spacial score (nSPS) is 22.2. The predicted molar refractivity (Wildman–Crippen MR) is 83.2 cm³/mol. The largest absolute Gasteiger partial charge is 0.382 e. The summed E-state index contributed by atoms with van der Waals surface area (Å²) in [5.74, 6) is 1.58. The highest BCUT2D eigenvalue weighted by Gasteiger charge is 2.21. The van der Waals surface area contributed by atoms with Crippen molar-refractivity contribution < 1.29 is 4.74 Å². The monoisotopic (exact) mass is 286 g/mol. The number of H-pyrrole nitrogens is 1. The third-order valence-corrected chi connectivity index (χ3v) is 4.13. The van der Waals surface area contributed by atoms with E-state index in [0.29, 0.717) is 12.1 Å². The van der Waals surface area contributed by atoms with Crippen LogP contribution in [0.25, 0.3) is 11.4 Å². The fourth-order valence-corrected chi connectivity index (χ4v) is 2.93. The minimum Gasteiger partial charge on any atom is -0.382 e. The molecule has 0 aliphatic heterocycles. The first-order valence-electron chi connectivity index (χ1n) is 7.54. The van der Waals surface area contributed by atoms with Crippen molar-refractivity contribution in [2.75, 3.05) is 12.4 Å². The molecule has 0 unspecified atom stereocenters. The summed E-state index contributed by atoms with van der Waals surface area (Å²) in [6, 6.07) is 8.73. The number of nitrogens with one attached hydrogen (secondary N) is 2. The van der Waals surface area contributed by atoms with Gasteiger partial charge in [-0.1, -0.05) is 12.1 Å². The van der Waals surface area contributed by atoms with Crippen LogP contribution in [0.15, 0.2) is 24.3 Å². The molecule has 1 aromatic heterocycles. The number of hydrogen-bond acceptors (Lipinski definition) is 4. The van der Waals surface area contributed by atoms with Crippen molar-refractivity contribution in [1.29, 1.82) is 0 Å². The highest BCUT2D eigenvalue weighted by molar-refractivity contribution is 5.73. The average Bonchev–Trinajstić information content (AvgIpc) is 2.95. The molecule has 2 N–H and O–H groups in total. The Bertz CT molecular complexity index is 587. The molecule has 1 aromatic carbocycles. The van der Waals surface area contributed by atoms with E-state index < -0.39 is 0 Å². The maximum Gasteiger partial charge on any atom is 0.183 e. The summed E-state index contributed by atoms with van der Waals surface area (Å²) in [5.41, 5.74) is 2.16. The molecule has 0 spiro atoms. The van der Waals surface area contributed by atoms with Gasteiger partial charge >= 0.3 is 0 Å². The van der Waals surface area contributed by atoms with Crippen LogP contribution in [0, 0.1) is 6.92 Å². The van der Waals surface area contributed by atoms with Crippen LogP contribution in [0.5, 0.6) is 0 Å². The minimum absolute atomic E-state index is 0.425. The first-order chi connectivity index (χ1) is 10.3. The predicted octanol–water partition coefficient (Wildman–Crippen LogP) is 3.15. The molecule has 0 bridgehead atoms. The fraction of sp³-hybridized carbons (Fsp3) is 0.500. The average molecular weight is 286 g/mol. The summed E-state index contributed by atoms with van der Waals surface area (Å²) >= 11 is 0. The van der Waals surface area contributed by atoms with Gasteiger partial charge in [-0.2, -0.15) is 5.10 Å². The van der Waals surface area contributed by atoms with E-state index in [-0.39, 0.29) is 0 Å². The Balaban J connectivity index is 1.74. The number of anilines is 1. The molecular formula is C16H22N4O. The number of methoxy groups -OCH3 is 1. The van der Waals surface area contributed by atoms with Crippen molar-refractivity contribution in [1.82, 2.24) is 15.2 Å². The van der Waals surface area contributed by atoms with E-state index in [1.54, 1.807) is 7.11 Å². The van der Waals surface area contributed by atoms with Crippen molar-refractivity contribution in [3.8, 4) is 11.4 Å². The molecule has 0 saturated heterocycles. The summed E-state index contributed by atoms with van der Waals surface area (Å²) < 4.78 is 5.43. The van der Waals surface area contributed by atoms with Gasteiger partial charge in [0.15, 0.2) is 5.82 Å². The molecule has 0 amide bonds. The van der Waals surface area contributed by atoms with E-state index in [1.807, 2.05) is 19.1 Å². The van der Waals surface area contributed by atoms with Gasteiger partial charge in [-0.05, 0) is 44.7 Å². The Morgan fingerprint density at radius 2 is 1.95 bits per heavy atom. The second-order valence-electron chi connectivity index (χ2n) is 5.64. The van der Waals surface area contributed by atoms with E-state index in [1.165, 1.54) is 0 Å². The zero-order valence-corrected chi connectivity index (χ0v) is 12.6. The molecule has 5 heteroatoms. The zero-order valence-electron chi connectivity index (χ0n) is 12.6. The summed E-state index contributed by atoms with van der Waals surface area (Å²) in [5, 5.41) is 10.8. The number of para-hydroxylation sites is 1. The van der Waals surface area contributed by atoms with Crippen molar-refractivity contribution in [2.45, 2.75) is 44.8 Å². The van der Waals surface area contributed by atoms with Gasteiger partial charge in [0.2, 0.25) is 0 Å². The van der Waals surface area contributed by atoms with E-state index in [4.69, 9.17) is 4.74 Å². The molecule has 1 fully saturated rings. The van der Waals surface area contributed by atoms with Crippen molar-refractivity contribution in [3.05, 3.63) is 30.1 Å². The van der Waals surface area contributed by atoms with Gasteiger partial charge in [-0.3, -0.25) is 5.10 Å². The molecule has 0 radical (unpaired) electrons. The smallest absolute Gasteiger partial charge is 0.183 e. The molecular weight excluding hydrogens is 264 g/mol. The van der Waals surface area contributed by atoms with Gasteiger partial charge in [-0.15, -0.1) is 0 Å². The molecule has 1 aliphatic rings. The lowest BCUT2D eigenvalue weighted by atomic mass is 9.92. The van der Waals surface area contributed by atoms with Crippen LogP contribution in [0.1, 0.15) is 31.5 Å². The molecule has 3 rings (SSSR count). The lowest BCUT2D eigenvalue weighted by Gasteiger charge is -2.29. The Kier molecular flexibility index (Phi) is 4.20. The second kappa shape index (κ2) is 6.26. The number of nitrogens with zero attached hydrogens (tertiary/aromatic N) is 2. The van der Waals surface area contributed by atoms with Crippen molar-refractivity contribution in [3.63, 3.8) is 0 Å². The summed E-state index contributed by atoms with van der Waals surface area (Å²) in [7, 11) is 1.80. The SMILES string of the molecule is COC1CCC(Nc2ccccc2-c2n[nH]c(C)n2)CC1. The Labute approximate surface area is 125 Å². The summed E-state index contributed by atoms with van der Waals surface area (Å²) in [6.07, 6.45) is 4.94. The van der Waals surface area contributed by atoms with Crippen LogP contribution in [0.2, 0.25) is 0 Å². The second-order valence-corrected chi connectivity index (χ2v) is 5.64. The third-order valence-electron chi connectivity index (χ3n) is 4.13. The van der Waals surface area contributed by atoms with Crippen LogP contribution in [-0.2, 0) is 4.74 Å². The highest BCUT2D eigenvalue weighted by atomic mass is 16.5. The number of aryl methyl sites for hydroxylation is 1. The fourth-order valence-electron chi connectivity index (χ4n) is 2.93. The zero-order chi connectivity index (χ0) is 14.7. The summed E-state index contributed by atoms with van der Waals surface area (Å²) in [4.78, 5) is 4.43. The van der Waals surface area contributed by atoms with Gasteiger partial charge in [0, 0.05) is 24.4 Å². The Hall–Kier alpha value is -1.88. The quantitative estimate of drug-likeness (QED) is 0.906. The first-order valence-corrected chi connectivity index (χ1v) is 7.54. The number of ether oxygens (including phenoxy) is 1. The third kappa shape index (κ3) is 3.24. The summed E-state index contributed by atoms with van der Waals surface area (Å²) in [6.45, 7) is 1.92. The standard InChI is InChI=1S/C16H22N4O/c1-11-17-16(20-19-11)14-5-3-4-6-15(14)18-12-7-9-13(21-2)10-8-12/h3-6,12-13,18H,7-10H2,1-2H3,(H,17,19,20). The number of rotatable bonds is 4. The Morgan fingerprint density at radius 3 is 2.62 bits per heavy atom.